The molecular formula is C26H34N2O3S. The predicted octanol–water partition coefficient (Wildman–Crippen LogP) is 6.02. The summed E-state index contributed by atoms with van der Waals surface area (Å²) in [4.78, 5) is 15.6. The predicted molar refractivity (Wildman–Crippen MR) is 128 cm³/mol. The van der Waals surface area contributed by atoms with Gasteiger partial charge in [-0.1, -0.05) is 55.7 Å². The van der Waals surface area contributed by atoms with Crippen LogP contribution in [0.25, 0.3) is 0 Å². The number of anilines is 1. The Hall–Kier alpha value is -2.34. The van der Waals surface area contributed by atoms with Crippen molar-refractivity contribution in [1.29, 1.82) is 0 Å². The van der Waals surface area contributed by atoms with Crippen LogP contribution < -0.4 is 5.32 Å². The first-order chi connectivity index (χ1) is 15.3. The highest BCUT2D eigenvalue weighted by Crippen LogP contribution is 2.48. The first-order valence-electron chi connectivity index (χ1n) is 11.8. The molecule has 2 aromatic rings. The van der Waals surface area contributed by atoms with Crippen molar-refractivity contribution >= 4 is 21.6 Å². The monoisotopic (exact) mass is 454 g/mol. The van der Waals surface area contributed by atoms with Crippen molar-refractivity contribution in [2.45, 2.75) is 75.3 Å². The van der Waals surface area contributed by atoms with E-state index in [9.17, 15) is 13.2 Å². The molecule has 0 aromatic heterocycles. The minimum absolute atomic E-state index is 0.163. The second-order valence-corrected chi connectivity index (χ2v) is 11.7. The van der Waals surface area contributed by atoms with Gasteiger partial charge in [-0.25, -0.2) is 13.2 Å². The summed E-state index contributed by atoms with van der Waals surface area (Å²) in [7, 11) is -3.33. The highest BCUT2D eigenvalue weighted by Gasteiger charge is 2.38. The van der Waals surface area contributed by atoms with Crippen LogP contribution in [0.3, 0.4) is 0 Å². The number of carbonyl (C=O) groups excluding carboxylic acids is 1. The molecule has 5 nitrogen and oxygen atoms in total. The third-order valence-corrected chi connectivity index (χ3v) is 8.45. The molecule has 2 aromatic carbocycles. The molecule has 4 rings (SSSR count). The van der Waals surface area contributed by atoms with Crippen LogP contribution in [0.1, 0.15) is 63.4 Å². The van der Waals surface area contributed by atoms with E-state index >= 15 is 0 Å². The Morgan fingerprint density at radius 1 is 0.969 bits per heavy atom. The Kier molecular flexibility index (Phi) is 6.89. The zero-order chi connectivity index (χ0) is 22.6. The van der Waals surface area contributed by atoms with Gasteiger partial charge in [-0.15, -0.1) is 0 Å². The number of nitrogens with zero attached hydrogens (tertiary/aromatic N) is 1. The third-order valence-electron chi connectivity index (χ3n) is 7.34. The van der Waals surface area contributed by atoms with Gasteiger partial charge < -0.3 is 10.2 Å². The van der Waals surface area contributed by atoms with Gasteiger partial charge in [0.25, 0.3) is 0 Å². The van der Waals surface area contributed by atoms with Crippen molar-refractivity contribution in [2.75, 3.05) is 11.6 Å². The fourth-order valence-corrected chi connectivity index (χ4v) is 6.14. The topological polar surface area (TPSA) is 66.5 Å². The molecule has 2 aliphatic carbocycles. The van der Waals surface area contributed by atoms with Gasteiger partial charge in [-0.05, 0) is 67.7 Å². The standard InChI is InChI=1S/C26H34N2O3S/c1-32(30,31)24-12-8-11-22(19-24)27-25(29)28(20-21-9-4-2-5-10-21)23-13-17-26(18-14-23)15-6-3-7-16-26/h2,4-5,8-12,19,23H,3,6-7,13-18,20H2,1H3,(H,27,29). The molecule has 0 unspecified atom stereocenters. The molecule has 0 aliphatic heterocycles. The van der Waals surface area contributed by atoms with E-state index in [1.807, 2.05) is 23.1 Å². The van der Waals surface area contributed by atoms with Crippen molar-refractivity contribution in [2.24, 2.45) is 5.41 Å². The summed E-state index contributed by atoms with van der Waals surface area (Å²) < 4.78 is 23.8. The normalized spacial score (nSPS) is 18.9. The molecule has 0 heterocycles. The number of rotatable bonds is 5. The third kappa shape index (κ3) is 5.52. The van der Waals surface area contributed by atoms with Crippen LogP contribution >= 0.6 is 0 Å². The molecule has 0 saturated heterocycles. The van der Waals surface area contributed by atoms with Gasteiger partial charge in [-0.3, -0.25) is 0 Å². The number of hydrogen-bond donors (Lipinski definition) is 1. The number of amides is 2. The van der Waals surface area contributed by atoms with E-state index in [1.54, 1.807) is 18.2 Å². The average Bonchev–Trinajstić information content (AvgIpc) is 2.79. The SMILES string of the molecule is CS(=O)(=O)c1cccc(NC(=O)N(Cc2ccccc2)C2CCC3(CCCCC3)CC2)c1. The zero-order valence-corrected chi connectivity index (χ0v) is 19.7. The number of sulfone groups is 1. The molecule has 2 amide bonds. The second-order valence-electron chi connectivity index (χ2n) is 9.64. The van der Waals surface area contributed by atoms with Gasteiger partial charge in [-0.2, -0.15) is 0 Å². The summed E-state index contributed by atoms with van der Waals surface area (Å²) in [5.74, 6) is 0. The lowest BCUT2D eigenvalue weighted by Crippen LogP contribution is -2.46. The van der Waals surface area contributed by atoms with Crippen molar-refractivity contribution in [3.8, 4) is 0 Å². The Morgan fingerprint density at radius 2 is 1.66 bits per heavy atom. The van der Waals surface area contributed by atoms with Crippen LogP contribution in [0, 0.1) is 5.41 Å². The Bertz CT molecular complexity index is 1020. The maximum absolute atomic E-state index is 13.4. The Morgan fingerprint density at radius 3 is 2.31 bits per heavy atom. The lowest BCUT2D eigenvalue weighted by Gasteiger charge is -2.45. The molecular weight excluding hydrogens is 420 g/mol. The minimum Gasteiger partial charge on any atom is -0.317 e. The molecule has 1 spiro atoms. The van der Waals surface area contributed by atoms with Gasteiger partial charge in [0.15, 0.2) is 9.84 Å². The first kappa shape index (κ1) is 22.8. The number of carbonyl (C=O) groups is 1. The number of benzene rings is 2. The summed E-state index contributed by atoms with van der Waals surface area (Å²) in [5.41, 5.74) is 2.11. The minimum atomic E-state index is -3.33. The molecule has 172 valence electrons. The number of nitrogens with one attached hydrogen (secondary N) is 1. The molecule has 2 aliphatic rings. The Balaban J connectivity index is 1.51. The van der Waals surface area contributed by atoms with Gasteiger partial charge in [0.05, 0.1) is 4.90 Å². The Labute approximate surface area is 192 Å². The highest BCUT2D eigenvalue weighted by atomic mass is 32.2. The van der Waals surface area contributed by atoms with E-state index in [4.69, 9.17) is 0 Å². The maximum Gasteiger partial charge on any atom is 0.322 e. The van der Waals surface area contributed by atoms with Crippen molar-refractivity contribution in [1.82, 2.24) is 4.90 Å². The second kappa shape index (κ2) is 9.65. The summed E-state index contributed by atoms with van der Waals surface area (Å²) in [5, 5.41) is 2.97. The summed E-state index contributed by atoms with van der Waals surface area (Å²) in [6.45, 7) is 0.552. The van der Waals surface area contributed by atoms with E-state index in [0.717, 1.165) is 18.4 Å². The summed E-state index contributed by atoms with van der Waals surface area (Å²) >= 11 is 0. The molecule has 0 bridgehead atoms. The first-order valence-corrected chi connectivity index (χ1v) is 13.7. The van der Waals surface area contributed by atoms with E-state index in [0.29, 0.717) is 17.6 Å². The number of hydrogen-bond acceptors (Lipinski definition) is 3. The lowest BCUT2D eigenvalue weighted by atomic mass is 9.64. The quantitative estimate of drug-likeness (QED) is 0.601. The van der Waals surface area contributed by atoms with Crippen LogP contribution in [0.2, 0.25) is 0 Å². The number of urea groups is 1. The van der Waals surface area contributed by atoms with Crippen LogP contribution in [0.15, 0.2) is 59.5 Å². The van der Waals surface area contributed by atoms with E-state index in [2.05, 4.69) is 17.4 Å². The van der Waals surface area contributed by atoms with Crippen LogP contribution in [-0.4, -0.2) is 31.6 Å². The molecule has 2 saturated carbocycles. The average molecular weight is 455 g/mol. The smallest absolute Gasteiger partial charge is 0.317 e. The van der Waals surface area contributed by atoms with Gasteiger partial charge >= 0.3 is 6.03 Å². The summed E-state index contributed by atoms with van der Waals surface area (Å²) in [6, 6.07) is 16.6. The summed E-state index contributed by atoms with van der Waals surface area (Å²) in [6.07, 6.45) is 12.3. The fourth-order valence-electron chi connectivity index (χ4n) is 5.47. The largest absolute Gasteiger partial charge is 0.322 e. The van der Waals surface area contributed by atoms with Crippen molar-refractivity contribution in [3.63, 3.8) is 0 Å². The van der Waals surface area contributed by atoms with Crippen LogP contribution in [0.5, 0.6) is 0 Å². The molecule has 0 radical (unpaired) electrons. The van der Waals surface area contributed by atoms with Gasteiger partial charge in [0.1, 0.15) is 0 Å². The molecule has 1 N–H and O–H groups in total. The van der Waals surface area contributed by atoms with E-state index < -0.39 is 9.84 Å². The van der Waals surface area contributed by atoms with Crippen molar-refractivity contribution in [3.05, 3.63) is 60.2 Å². The van der Waals surface area contributed by atoms with Gasteiger partial charge in [0, 0.05) is 24.5 Å². The molecule has 6 heteroatoms. The van der Waals surface area contributed by atoms with Crippen molar-refractivity contribution < 1.29 is 13.2 Å². The van der Waals surface area contributed by atoms with E-state index in [-0.39, 0.29) is 17.0 Å². The maximum atomic E-state index is 13.4. The van der Waals surface area contributed by atoms with Crippen LogP contribution in [-0.2, 0) is 16.4 Å². The molecule has 2 fully saturated rings. The highest BCUT2D eigenvalue weighted by molar-refractivity contribution is 7.90. The van der Waals surface area contributed by atoms with Crippen LogP contribution in [0.4, 0.5) is 10.5 Å². The lowest BCUT2D eigenvalue weighted by molar-refractivity contribution is 0.0726. The van der Waals surface area contributed by atoms with E-state index in [1.165, 1.54) is 57.3 Å². The van der Waals surface area contributed by atoms with Gasteiger partial charge in [0.2, 0.25) is 0 Å². The molecule has 32 heavy (non-hydrogen) atoms. The molecule has 0 atom stereocenters. The fraction of sp³-hybridized carbons (Fsp3) is 0.500. The zero-order valence-electron chi connectivity index (χ0n) is 18.9.